The van der Waals surface area contributed by atoms with Crippen molar-refractivity contribution in [3.63, 3.8) is 0 Å². The summed E-state index contributed by atoms with van der Waals surface area (Å²) in [6.07, 6.45) is 4.63. The highest BCUT2D eigenvalue weighted by atomic mass is 16.2. The molecule has 0 bridgehead atoms. The number of nitrogens with one attached hydrogen (secondary N) is 2. The minimum Gasteiger partial charge on any atom is -0.316 e. The van der Waals surface area contributed by atoms with Gasteiger partial charge in [-0.3, -0.25) is 19.7 Å². The third-order valence-corrected chi connectivity index (χ3v) is 6.15. The van der Waals surface area contributed by atoms with Gasteiger partial charge in [-0.15, -0.1) is 0 Å². The molecule has 2 atom stereocenters. The zero-order chi connectivity index (χ0) is 20.4. The van der Waals surface area contributed by atoms with Crippen molar-refractivity contribution in [2.24, 2.45) is 0 Å². The van der Waals surface area contributed by atoms with Crippen molar-refractivity contribution >= 4 is 34.7 Å². The molecule has 2 N–H and O–H groups in total. The lowest BCUT2D eigenvalue weighted by molar-refractivity contribution is -0.125. The van der Waals surface area contributed by atoms with Gasteiger partial charge in [0.05, 0.1) is 11.3 Å². The van der Waals surface area contributed by atoms with Crippen LogP contribution in [0.15, 0.2) is 30.3 Å². The molecular weight excluding hydrogens is 366 g/mol. The quantitative estimate of drug-likeness (QED) is 0.740. The van der Waals surface area contributed by atoms with Crippen LogP contribution in [-0.2, 0) is 9.59 Å². The Bertz CT molecular complexity index is 948. The molecule has 1 fully saturated rings. The number of nitrogens with zero attached hydrogens (tertiary/aromatic N) is 1. The smallest absolute Gasteiger partial charge is 0.259 e. The molecule has 0 aromatic heterocycles. The second kappa shape index (κ2) is 8.33. The number of hydrogen-bond donors (Lipinski definition) is 2. The lowest BCUT2D eigenvalue weighted by atomic mass is 9.90. The fraction of sp³-hybridized carbons (Fsp3) is 0.435. The van der Waals surface area contributed by atoms with E-state index in [0.29, 0.717) is 18.7 Å². The number of amides is 3. The molecule has 1 saturated heterocycles. The van der Waals surface area contributed by atoms with E-state index >= 15 is 0 Å². The zero-order valence-corrected chi connectivity index (χ0v) is 16.7. The minimum atomic E-state index is -0.322. The van der Waals surface area contributed by atoms with Gasteiger partial charge in [0.1, 0.15) is 0 Å². The van der Waals surface area contributed by atoms with Gasteiger partial charge in [0.25, 0.3) is 5.91 Å². The Morgan fingerprint density at radius 3 is 3.03 bits per heavy atom. The topological polar surface area (TPSA) is 78.5 Å². The summed E-state index contributed by atoms with van der Waals surface area (Å²) in [5.74, 6) is 0.105. The van der Waals surface area contributed by atoms with Gasteiger partial charge in [-0.25, -0.2) is 0 Å². The van der Waals surface area contributed by atoms with Crippen molar-refractivity contribution in [3.05, 3.63) is 41.5 Å². The maximum absolute atomic E-state index is 13.3. The van der Waals surface area contributed by atoms with Gasteiger partial charge < -0.3 is 10.2 Å². The normalized spacial score (nSPS) is 19.8. The Hall–Kier alpha value is -2.73. The molecule has 0 radical (unpaired) electrons. The number of anilines is 1. The van der Waals surface area contributed by atoms with Crippen LogP contribution < -0.4 is 15.5 Å². The summed E-state index contributed by atoms with van der Waals surface area (Å²) in [5, 5.41) is 7.78. The first kappa shape index (κ1) is 19.6. The van der Waals surface area contributed by atoms with E-state index in [1.54, 1.807) is 4.90 Å². The molecule has 2 aliphatic rings. The second-order valence-electron chi connectivity index (χ2n) is 8.09. The third-order valence-electron chi connectivity index (χ3n) is 6.15. The fourth-order valence-electron chi connectivity index (χ4n) is 4.62. The maximum atomic E-state index is 13.3. The fourth-order valence-corrected chi connectivity index (χ4v) is 4.62. The molecule has 0 saturated carbocycles. The van der Waals surface area contributed by atoms with Gasteiger partial charge in [-0.05, 0) is 61.7 Å². The Morgan fingerprint density at radius 1 is 1.34 bits per heavy atom. The first-order chi connectivity index (χ1) is 14.1. The van der Waals surface area contributed by atoms with Crippen molar-refractivity contribution in [1.29, 1.82) is 0 Å². The molecule has 4 rings (SSSR count). The molecule has 2 aromatic rings. The SMILES string of the molecule is CC(CCC(=O)NC=O)N1C(=O)c2cc(C3CCCCNC3)cc3cccc1c23. The highest BCUT2D eigenvalue weighted by molar-refractivity contribution is 6.25. The van der Waals surface area contributed by atoms with Crippen molar-refractivity contribution in [1.82, 2.24) is 10.6 Å². The summed E-state index contributed by atoms with van der Waals surface area (Å²) >= 11 is 0. The predicted molar refractivity (Wildman–Crippen MR) is 113 cm³/mol. The lowest BCUT2D eigenvalue weighted by Gasteiger charge is -2.25. The van der Waals surface area contributed by atoms with E-state index in [1.165, 1.54) is 18.4 Å². The largest absolute Gasteiger partial charge is 0.316 e. The molecule has 2 aliphatic heterocycles. The van der Waals surface area contributed by atoms with Crippen LogP contribution in [0.2, 0.25) is 0 Å². The van der Waals surface area contributed by atoms with Crippen LogP contribution in [0.1, 0.15) is 60.9 Å². The Labute approximate surface area is 170 Å². The molecule has 0 spiro atoms. The van der Waals surface area contributed by atoms with Crippen LogP contribution in [0.4, 0.5) is 5.69 Å². The van der Waals surface area contributed by atoms with Gasteiger partial charge >= 0.3 is 0 Å². The molecule has 29 heavy (non-hydrogen) atoms. The summed E-state index contributed by atoms with van der Waals surface area (Å²) in [4.78, 5) is 37.2. The van der Waals surface area contributed by atoms with E-state index in [0.717, 1.165) is 41.5 Å². The van der Waals surface area contributed by atoms with Crippen LogP contribution in [0.3, 0.4) is 0 Å². The van der Waals surface area contributed by atoms with Gasteiger partial charge in [0.15, 0.2) is 0 Å². The molecule has 6 nitrogen and oxygen atoms in total. The van der Waals surface area contributed by atoms with E-state index in [4.69, 9.17) is 0 Å². The van der Waals surface area contributed by atoms with E-state index in [1.807, 2.05) is 19.1 Å². The highest BCUT2D eigenvalue weighted by Crippen LogP contribution is 2.41. The summed E-state index contributed by atoms with van der Waals surface area (Å²) in [7, 11) is 0. The van der Waals surface area contributed by atoms with E-state index in [2.05, 4.69) is 28.8 Å². The standard InChI is InChI=1S/C23H27N3O3/c1-15(8-9-21(28)25-14-27)26-20-7-4-6-16-11-18(12-19(22(16)20)23(26)29)17-5-2-3-10-24-13-17/h4,6-7,11-12,14-15,17,24H,2-3,5,8-10,13H2,1H3,(H,25,27,28). The van der Waals surface area contributed by atoms with Crippen LogP contribution in [0.25, 0.3) is 10.8 Å². The van der Waals surface area contributed by atoms with Crippen LogP contribution >= 0.6 is 0 Å². The molecule has 2 aromatic carbocycles. The first-order valence-electron chi connectivity index (χ1n) is 10.4. The summed E-state index contributed by atoms with van der Waals surface area (Å²) < 4.78 is 0. The number of hydrogen-bond acceptors (Lipinski definition) is 4. The van der Waals surface area contributed by atoms with Crippen molar-refractivity contribution in [2.45, 2.75) is 51.0 Å². The molecule has 2 heterocycles. The van der Waals surface area contributed by atoms with Gasteiger partial charge in [0, 0.05) is 24.4 Å². The van der Waals surface area contributed by atoms with E-state index < -0.39 is 0 Å². The summed E-state index contributed by atoms with van der Waals surface area (Å²) in [6.45, 7) is 3.96. The zero-order valence-electron chi connectivity index (χ0n) is 16.7. The number of benzene rings is 2. The Kier molecular flexibility index (Phi) is 5.62. The molecule has 3 amide bonds. The molecule has 0 aliphatic carbocycles. The average molecular weight is 393 g/mol. The Morgan fingerprint density at radius 2 is 2.21 bits per heavy atom. The molecule has 152 valence electrons. The maximum Gasteiger partial charge on any atom is 0.259 e. The summed E-state index contributed by atoms with van der Waals surface area (Å²) in [6, 6.07) is 10.2. The van der Waals surface area contributed by atoms with Gasteiger partial charge in [-0.2, -0.15) is 0 Å². The van der Waals surface area contributed by atoms with Crippen LogP contribution in [-0.4, -0.2) is 37.4 Å². The van der Waals surface area contributed by atoms with Gasteiger partial charge in [-0.1, -0.05) is 24.6 Å². The molecule has 6 heteroatoms. The molecular formula is C23H27N3O3. The van der Waals surface area contributed by atoms with Crippen LogP contribution in [0.5, 0.6) is 0 Å². The summed E-state index contributed by atoms with van der Waals surface area (Å²) in [5.41, 5.74) is 2.91. The Balaban J connectivity index is 1.64. The van der Waals surface area contributed by atoms with Crippen molar-refractivity contribution in [2.75, 3.05) is 18.0 Å². The highest BCUT2D eigenvalue weighted by Gasteiger charge is 2.34. The number of carbonyl (C=O) groups excluding carboxylic acids is 3. The number of rotatable bonds is 6. The molecule has 2 unspecified atom stereocenters. The van der Waals surface area contributed by atoms with Crippen molar-refractivity contribution < 1.29 is 14.4 Å². The second-order valence-corrected chi connectivity index (χ2v) is 8.09. The first-order valence-corrected chi connectivity index (χ1v) is 10.4. The van der Waals surface area contributed by atoms with Crippen molar-refractivity contribution in [3.8, 4) is 0 Å². The lowest BCUT2D eigenvalue weighted by Crippen LogP contribution is -2.36. The van der Waals surface area contributed by atoms with E-state index in [9.17, 15) is 14.4 Å². The minimum absolute atomic E-state index is 0.00271. The monoisotopic (exact) mass is 393 g/mol. The number of carbonyl (C=O) groups is 3. The predicted octanol–water partition coefficient (Wildman–Crippen LogP) is 3.10. The average Bonchev–Trinajstić information content (AvgIpc) is 2.89. The van der Waals surface area contributed by atoms with Crippen LogP contribution in [0, 0.1) is 0 Å². The third kappa shape index (κ3) is 3.77. The van der Waals surface area contributed by atoms with E-state index in [-0.39, 0.29) is 24.3 Å². The number of imide groups is 1. The van der Waals surface area contributed by atoms with Gasteiger partial charge in [0.2, 0.25) is 12.3 Å².